The van der Waals surface area contributed by atoms with Gasteiger partial charge in [0.05, 0.1) is 7.11 Å². The van der Waals surface area contributed by atoms with Gasteiger partial charge in [0.1, 0.15) is 24.1 Å². The number of hydrogen-bond donors (Lipinski definition) is 5. The predicted octanol–water partition coefficient (Wildman–Crippen LogP) is 2.09. The van der Waals surface area contributed by atoms with Gasteiger partial charge in [0.15, 0.2) is 12.3 Å². The Morgan fingerprint density at radius 2 is 1.67 bits per heavy atom. The van der Waals surface area contributed by atoms with Crippen LogP contribution in [0.5, 0.6) is 5.75 Å². The van der Waals surface area contributed by atoms with E-state index in [1.165, 1.54) is 6.08 Å². The molecule has 1 saturated heterocycles. The lowest BCUT2D eigenvalue weighted by molar-refractivity contribution is -0.233. The molecule has 1 amide bonds. The average molecular weight is 502 g/mol. The largest absolute Gasteiger partial charge is 0.496 e. The van der Waals surface area contributed by atoms with E-state index in [-0.39, 0.29) is 0 Å². The monoisotopic (exact) mass is 501 g/mol. The molecular formula is C27H35NO8. The highest BCUT2D eigenvalue weighted by atomic mass is 16.6. The maximum absolute atomic E-state index is 12.3. The van der Waals surface area contributed by atoms with Gasteiger partial charge in [0, 0.05) is 6.08 Å². The summed E-state index contributed by atoms with van der Waals surface area (Å²) < 4.78 is 10.5. The summed E-state index contributed by atoms with van der Waals surface area (Å²) in [7, 11) is 1.66. The van der Waals surface area contributed by atoms with Crippen LogP contribution in [0.25, 0.3) is 6.08 Å². The maximum Gasteiger partial charge on any atom is 0.335 e. The summed E-state index contributed by atoms with van der Waals surface area (Å²) in [5.74, 6) is -1.31. The quantitative estimate of drug-likeness (QED) is 0.269. The molecule has 1 aliphatic heterocycles. The number of rotatable bonds is 8. The molecule has 9 nitrogen and oxygen atoms in total. The van der Waals surface area contributed by atoms with Crippen molar-refractivity contribution >= 4 is 18.0 Å². The summed E-state index contributed by atoms with van der Waals surface area (Å²) in [5, 5.41) is 41.0. The Labute approximate surface area is 211 Å². The Bertz CT molecular complexity index is 1100. The Hall–Kier alpha value is -3.24. The van der Waals surface area contributed by atoms with E-state index in [1.54, 1.807) is 26.2 Å². The summed E-state index contributed by atoms with van der Waals surface area (Å²) in [6, 6.07) is 2.02. The predicted molar refractivity (Wildman–Crippen MR) is 135 cm³/mol. The fourth-order valence-corrected chi connectivity index (χ4v) is 3.80. The number of aliphatic hydroxyl groups is 3. The first kappa shape index (κ1) is 29.0. The van der Waals surface area contributed by atoms with Crippen LogP contribution < -0.4 is 10.1 Å². The van der Waals surface area contributed by atoms with Gasteiger partial charge >= 0.3 is 5.97 Å². The second kappa shape index (κ2) is 12.6. The number of methoxy groups -OCH3 is 1. The Balaban J connectivity index is 2.03. The van der Waals surface area contributed by atoms with E-state index < -0.39 is 42.5 Å². The second-order valence-electron chi connectivity index (χ2n) is 8.85. The number of nitrogens with one attached hydrogen (secondary N) is 1. The Kier molecular flexibility index (Phi) is 10.2. The highest BCUT2D eigenvalue weighted by molar-refractivity contribution is 5.88. The normalized spacial score (nSPS) is 25.4. The molecule has 2 rings (SSSR count). The van der Waals surface area contributed by atoms with Crippen molar-refractivity contribution in [2.45, 2.75) is 65.3 Å². The van der Waals surface area contributed by atoms with Crippen molar-refractivity contribution in [3.8, 4) is 5.75 Å². The number of aryl methyl sites for hydroxylation is 1. The summed E-state index contributed by atoms with van der Waals surface area (Å²) in [5.41, 5.74) is 6.06. The molecule has 5 N–H and O–H groups in total. The number of benzene rings is 1. The highest BCUT2D eigenvalue weighted by Gasteiger charge is 2.47. The van der Waals surface area contributed by atoms with Crippen LogP contribution in [0.3, 0.4) is 0 Å². The highest BCUT2D eigenvalue weighted by Crippen LogP contribution is 2.28. The lowest BCUT2D eigenvalue weighted by atomic mass is 9.96. The number of carbonyl (C=O) groups is 2. The third kappa shape index (κ3) is 7.14. The number of aliphatic hydroxyl groups excluding tert-OH is 3. The van der Waals surface area contributed by atoms with Crippen LogP contribution in [-0.4, -0.2) is 70.1 Å². The first-order chi connectivity index (χ1) is 16.9. The van der Waals surface area contributed by atoms with Gasteiger partial charge in [-0.1, -0.05) is 36.0 Å². The van der Waals surface area contributed by atoms with Gasteiger partial charge in [0.2, 0.25) is 5.91 Å². The first-order valence-corrected chi connectivity index (χ1v) is 11.5. The van der Waals surface area contributed by atoms with Crippen LogP contribution in [0.15, 0.2) is 47.6 Å². The Morgan fingerprint density at radius 3 is 2.28 bits per heavy atom. The van der Waals surface area contributed by atoms with E-state index in [0.29, 0.717) is 5.57 Å². The number of carbonyl (C=O) groups excluding carboxylic acids is 1. The number of hydrogen-bond acceptors (Lipinski definition) is 7. The maximum atomic E-state index is 12.3. The van der Waals surface area contributed by atoms with Gasteiger partial charge in [-0.3, -0.25) is 4.79 Å². The van der Waals surface area contributed by atoms with Crippen LogP contribution in [0.2, 0.25) is 0 Å². The molecule has 0 aromatic heterocycles. The molecule has 1 aromatic rings. The topological polar surface area (TPSA) is 146 Å². The van der Waals surface area contributed by atoms with E-state index in [0.717, 1.165) is 33.6 Å². The van der Waals surface area contributed by atoms with Gasteiger partial charge in [-0.2, -0.15) is 0 Å². The molecule has 0 saturated carbocycles. The van der Waals surface area contributed by atoms with Gasteiger partial charge in [-0.05, 0) is 68.5 Å². The zero-order valence-electron chi connectivity index (χ0n) is 21.4. The van der Waals surface area contributed by atoms with Crippen molar-refractivity contribution in [2.24, 2.45) is 0 Å². The average Bonchev–Trinajstić information content (AvgIpc) is 2.81. The minimum atomic E-state index is -1.82. The molecule has 1 heterocycles. The molecule has 0 aliphatic carbocycles. The lowest BCUT2D eigenvalue weighted by Gasteiger charge is -2.38. The number of aliphatic carboxylic acids is 1. The van der Waals surface area contributed by atoms with Gasteiger partial charge in [0.25, 0.3) is 0 Å². The molecule has 1 aliphatic rings. The summed E-state index contributed by atoms with van der Waals surface area (Å²) in [6.07, 6.45) is 2.09. The summed E-state index contributed by atoms with van der Waals surface area (Å²) in [6.45, 7) is 9.77. The third-order valence-electron chi connectivity index (χ3n) is 6.06. The number of ether oxygens (including phenoxy) is 2. The van der Waals surface area contributed by atoms with Crippen LogP contribution in [0.1, 0.15) is 36.1 Å². The number of carboxylic acids is 1. The molecule has 0 bridgehead atoms. The van der Waals surface area contributed by atoms with Crippen molar-refractivity contribution in [3.05, 3.63) is 69.8 Å². The molecule has 36 heavy (non-hydrogen) atoms. The van der Waals surface area contributed by atoms with Gasteiger partial charge in [-0.25, -0.2) is 4.79 Å². The van der Waals surface area contributed by atoms with E-state index in [1.807, 2.05) is 39.0 Å². The van der Waals surface area contributed by atoms with Crippen LogP contribution in [0.4, 0.5) is 0 Å². The molecule has 0 spiro atoms. The molecule has 0 radical (unpaired) electrons. The zero-order chi connectivity index (χ0) is 27.2. The molecule has 196 valence electrons. The second-order valence-corrected chi connectivity index (χ2v) is 8.85. The van der Waals surface area contributed by atoms with Crippen LogP contribution in [0, 0.1) is 20.8 Å². The van der Waals surface area contributed by atoms with Crippen molar-refractivity contribution in [1.82, 2.24) is 5.32 Å². The van der Waals surface area contributed by atoms with Crippen molar-refractivity contribution in [1.29, 1.82) is 0 Å². The molecule has 1 aromatic carbocycles. The lowest BCUT2D eigenvalue weighted by Crippen LogP contribution is -2.64. The number of allylic oxidation sites excluding steroid dienone is 6. The molecular weight excluding hydrogens is 466 g/mol. The van der Waals surface area contributed by atoms with E-state index in [9.17, 15) is 24.9 Å². The van der Waals surface area contributed by atoms with E-state index in [2.05, 4.69) is 18.3 Å². The third-order valence-corrected chi connectivity index (χ3v) is 6.06. The van der Waals surface area contributed by atoms with Crippen molar-refractivity contribution in [2.75, 3.05) is 7.11 Å². The zero-order valence-corrected chi connectivity index (χ0v) is 21.4. The van der Waals surface area contributed by atoms with Crippen molar-refractivity contribution < 1.29 is 39.5 Å². The van der Waals surface area contributed by atoms with Gasteiger partial charge in [-0.15, -0.1) is 0 Å². The fourth-order valence-electron chi connectivity index (χ4n) is 3.80. The molecule has 5 atom stereocenters. The molecule has 9 heteroatoms. The standard InChI is InChI=1S/C27H35NO8/c1-14(10-11-19-16(3)13-20(35-6)18(5)17(19)4)8-7-9-15(2)12-21(29)28-26-24(32)22(30)23(31)25(36-26)27(33)34/h7-13,22-26,30-32H,1-6H3,(H,28,29)(H,33,34)/b9-7+,11-10+,14-8+,15-12+/t22-,23-,24+,25-,26+/m0/s1. The fraction of sp³-hybridized carbons (Fsp3) is 0.407. The minimum Gasteiger partial charge on any atom is -0.496 e. The summed E-state index contributed by atoms with van der Waals surface area (Å²) >= 11 is 0. The SMILES string of the molecule is COc1cc(C)c(/C=C/C(C)=C/C=C/C(C)=C/C(=O)N[C@@H]2O[C@H](C(=O)O)[C@@H](O)[C@H](O)[C@H]2O)c(C)c1C. The smallest absolute Gasteiger partial charge is 0.335 e. The summed E-state index contributed by atoms with van der Waals surface area (Å²) in [4.78, 5) is 23.5. The van der Waals surface area contributed by atoms with E-state index in [4.69, 9.17) is 14.6 Å². The van der Waals surface area contributed by atoms with Crippen LogP contribution in [-0.2, 0) is 14.3 Å². The minimum absolute atomic E-state index is 0.582. The molecule has 0 unspecified atom stereocenters. The number of amides is 1. The molecule has 1 fully saturated rings. The van der Waals surface area contributed by atoms with Gasteiger partial charge < -0.3 is 35.2 Å². The Morgan fingerprint density at radius 1 is 1.00 bits per heavy atom. The first-order valence-electron chi connectivity index (χ1n) is 11.5. The van der Waals surface area contributed by atoms with Crippen molar-refractivity contribution in [3.63, 3.8) is 0 Å². The number of carboxylic acid groups (broad SMARTS) is 1. The van der Waals surface area contributed by atoms with Crippen LogP contribution >= 0.6 is 0 Å². The van der Waals surface area contributed by atoms with E-state index >= 15 is 0 Å².